The van der Waals surface area contributed by atoms with E-state index in [2.05, 4.69) is 31.4 Å². The number of fused-ring (bicyclic) bond motifs is 1. The van der Waals surface area contributed by atoms with Gasteiger partial charge in [-0.05, 0) is 54.6 Å². The first-order chi connectivity index (χ1) is 15.2. The Hall–Kier alpha value is -3.40. The van der Waals surface area contributed by atoms with E-state index in [0.29, 0.717) is 26.7 Å². The summed E-state index contributed by atoms with van der Waals surface area (Å²) in [7, 11) is 0. The number of amides is 1. The standard InChI is InChI=1S/C22H14BrF4N3O2/c23-15-6-3-13(18(24)9-15)11-32-16-7-8-19-17(10-16)20(30-29-19)28-21(31)12-1-4-14(5-2-12)22(25,26)27/h1-10H,11H2,(H2,28,29,30,31). The van der Waals surface area contributed by atoms with Crippen molar-refractivity contribution >= 4 is 38.6 Å². The van der Waals surface area contributed by atoms with Crippen LogP contribution in [0.3, 0.4) is 0 Å². The molecule has 0 saturated heterocycles. The highest BCUT2D eigenvalue weighted by molar-refractivity contribution is 9.10. The number of aromatic amines is 1. The first-order valence-electron chi connectivity index (χ1n) is 9.24. The molecule has 0 spiro atoms. The number of hydrogen-bond donors (Lipinski definition) is 2. The van der Waals surface area contributed by atoms with Crippen LogP contribution in [0.2, 0.25) is 0 Å². The van der Waals surface area contributed by atoms with Crippen LogP contribution in [0.4, 0.5) is 23.4 Å². The molecule has 1 heterocycles. The van der Waals surface area contributed by atoms with Gasteiger partial charge in [0.1, 0.15) is 18.2 Å². The number of ether oxygens (including phenoxy) is 1. The SMILES string of the molecule is O=C(Nc1n[nH]c2ccc(OCc3ccc(Br)cc3F)cc12)c1ccc(C(F)(F)F)cc1. The molecule has 10 heteroatoms. The van der Waals surface area contributed by atoms with Crippen LogP contribution >= 0.6 is 15.9 Å². The number of hydrogen-bond acceptors (Lipinski definition) is 3. The normalized spacial score (nSPS) is 11.5. The summed E-state index contributed by atoms with van der Waals surface area (Å²) in [5.41, 5.74) is 0.182. The summed E-state index contributed by atoms with van der Waals surface area (Å²) in [4.78, 5) is 12.5. The van der Waals surface area contributed by atoms with Crippen LogP contribution < -0.4 is 10.1 Å². The number of alkyl halides is 3. The Bertz CT molecular complexity index is 1290. The Balaban J connectivity index is 1.50. The summed E-state index contributed by atoms with van der Waals surface area (Å²) in [6.45, 7) is -0.00425. The highest BCUT2D eigenvalue weighted by Crippen LogP contribution is 2.30. The zero-order valence-corrected chi connectivity index (χ0v) is 17.7. The first kappa shape index (κ1) is 21.8. The predicted molar refractivity (Wildman–Crippen MR) is 114 cm³/mol. The van der Waals surface area contributed by atoms with E-state index in [-0.39, 0.29) is 18.0 Å². The van der Waals surface area contributed by atoms with E-state index in [1.165, 1.54) is 6.07 Å². The number of rotatable bonds is 5. The van der Waals surface area contributed by atoms with Gasteiger partial charge in [-0.15, -0.1) is 0 Å². The van der Waals surface area contributed by atoms with Crippen molar-refractivity contribution in [2.75, 3.05) is 5.32 Å². The van der Waals surface area contributed by atoms with E-state index in [1.54, 1.807) is 30.3 Å². The minimum absolute atomic E-state index is 0.00425. The van der Waals surface area contributed by atoms with Gasteiger partial charge in [-0.2, -0.15) is 18.3 Å². The molecule has 1 amide bonds. The molecule has 1 aromatic heterocycles. The quantitative estimate of drug-likeness (QED) is 0.311. The summed E-state index contributed by atoms with van der Waals surface area (Å²) in [5.74, 6) is -0.417. The second-order valence-corrected chi connectivity index (χ2v) is 7.75. The Morgan fingerprint density at radius 2 is 1.81 bits per heavy atom. The number of halogens is 5. The van der Waals surface area contributed by atoms with Crippen LogP contribution in [0.15, 0.2) is 65.1 Å². The number of carbonyl (C=O) groups is 1. The molecule has 0 radical (unpaired) electrons. The van der Waals surface area contributed by atoms with Gasteiger partial charge in [0.05, 0.1) is 11.1 Å². The number of carbonyl (C=O) groups excluding carboxylic acids is 1. The van der Waals surface area contributed by atoms with E-state index in [9.17, 15) is 22.4 Å². The number of H-pyrrole nitrogens is 1. The van der Waals surface area contributed by atoms with E-state index in [4.69, 9.17) is 4.74 Å². The van der Waals surface area contributed by atoms with Crippen molar-refractivity contribution in [2.45, 2.75) is 12.8 Å². The first-order valence-corrected chi connectivity index (χ1v) is 10.0. The number of nitrogens with one attached hydrogen (secondary N) is 2. The van der Waals surface area contributed by atoms with Crippen LogP contribution in [-0.2, 0) is 12.8 Å². The van der Waals surface area contributed by atoms with Gasteiger partial charge in [0.15, 0.2) is 5.82 Å². The summed E-state index contributed by atoms with van der Waals surface area (Å²) in [6.07, 6.45) is -4.48. The third kappa shape index (κ3) is 4.75. The lowest BCUT2D eigenvalue weighted by Gasteiger charge is -2.09. The highest BCUT2D eigenvalue weighted by atomic mass is 79.9. The van der Waals surface area contributed by atoms with Crippen molar-refractivity contribution in [3.63, 3.8) is 0 Å². The molecule has 0 aliphatic heterocycles. The number of aromatic nitrogens is 2. The van der Waals surface area contributed by atoms with Gasteiger partial charge in [-0.1, -0.05) is 22.0 Å². The highest BCUT2D eigenvalue weighted by Gasteiger charge is 2.30. The van der Waals surface area contributed by atoms with Crippen molar-refractivity contribution in [1.29, 1.82) is 0 Å². The van der Waals surface area contributed by atoms with Gasteiger partial charge in [-0.25, -0.2) is 4.39 Å². The second kappa shape index (κ2) is 8.62. The van der Waals surface area contributed by atoms with Gasteiger partial charge in [0.25, 0.3) is 5.91 Å². The number of anilines is 1. The summed E-state index contributed by atoms with van der Waals surface area (Å²) in [6, 6.07) is 13.5. The lowest BCUT2D eigenvalue weighted by molar-refractivity contribution is -0.137. The molecule has 0 bridgehead atoms. The topological polar surface area (TPSA) is 67.0 Å². The van der Waals surface area contributed by atoms with Crippen LogP contribution in [-0.4, -0.2) is 16.1 Å². The number of benzene rings is 3. The summed E-state index contributed by atoms with van der Waals surface area (Å²) in [5, 5.41) is 9.90. The molecular weight excluding hydrogens is 494 g/mol. The predicted octanol–water partition coefficient (Wildman–Crippen LogP) is 6.31. The fraction of sp³-hybridized carbons (Fsp3) is 0.0909. The average Bonchev–Trinajstić information content (AvgIpc) is 3.14. The van der Waals surface area contributed by atoms with Crippen molar-refractivity contribution in [2.24, 2.45) is 0 Å². The molecular formula is C22H14BrF4N3O2. The molecule has 32 heavy (non-hydrogen) atoms. The maximum Gasteiger partial charge on any atom is 0.416 e. The van der Waals surface area contributed by atoms with Gasteiger partial charge in [0, 0.05) is 21.0 Å². The van der Waals surface area contributed by atoms with Crippen molar-refractivity contribution < 1.29 is 27.1 Å². The zero-order valence-electron chi connectivity index (χ0n) is 16.1. The smallest absolute Gasteiger partial charge is 0.416 e. The van der Waals surface area contributed by atoms with Crippen molar-refractivity contribution in [1.82, 2.24) is 10.2 Å². The fourth-order valence-corrected chi connectivity index (χ4v) is 3.30. The van der Waals surface area contributed by atoms with Crippen molar-refractivity contribution in [3.8, 4) is 5.75 Å². The lowest BCUT2D eigenvalue weighted by Crippen LogP contribution is -2.13. The Morgan fingerprint density at radius 1 is 1.06 bits per heavy atom. The van der Waals surface area contributed by atoms with E-state index in [0.717, 1.165) is 24.3 Å². The van der Waals surface area contributed by atoms with E-state index < -0.39 is 23.5 Å². The van der Waals surface area contributed by atoms with Gasteiger partial charge < -0.3 is 10.1 Å². The maximum atomic E-state index is 14.0. The molecule has 0 fully saturated rings. The van der Waals surface area contributed by atoms with Gasteiger partial charge in [0.2, 0.25) is 0 Å². The summed E-state index contributed by atoms with van der Waals surface area (Å²) >= 11 is 3.20. The van der Waals surface area contributed by atoms with Crippen LogP contribution in [0.1, 0.15) is 21.5 Å². The molecule has 164 valence electrons. The molecule has 2 N–H and O–H groups in total. The minimum Gasteiger partial charge on any atom is -0.489 e. The molecule has 0 aliphatic rings. The Labute approximate surface area is 187 Å². The Kier molecular flexibility index (Phi) is 5.88. The largest absolute Gasteiger partial charge is 0.489 e. The monoisotopic (exact) mass is 507 g/mol. The number of nitrogens with zero attached hydrogens (tertiary/aromatic N) is 1. The van der Waals surface area contributed by atoms with E-state index >= 15 is 0 Å². The van der Waals surface area contributed by atoms with E-state index in [1.807, 2.05) is 0 Å². The third-order valence-electron chi connectivity index (χ3n) is 4.65. The molecule has 0 unspecified atom stereocenters. The second-order valence-electron chi connectivity index (χ2n) is 6.83. The van der Waals surface area contributed by atoms with Crippen LogP contribution in [0.25, 0.3) is 10.9 Å². The molecule has 4 rings (SSSR count). The molecule has 0 atom stereocenters. The lowest BCUT2D eigenvalue weighted by atomic mass is 10.1. The molecule has 3 aromatic carbocycles. The van der Waals surface area contributed by atoms with Crippen LogP contribution in [0, 0.1) is 5.82 Å². The Morgan fingerprint density at radius 3 is 2.50 bits per heavy atom. The van der Waals surface area contributed by atoms with Gasteiger partial charge >= 0.3 is 6.18 Å². The molecule has 0 aliphatic carbocycles. The average molecular weight is 508 g/mol. The fourth-order valence-electron chi connectivity index (χ4n) is 2.97. The molecule has 5 nitrogen and oxygen atoms in total. The maximum absolute atomic E-state index is 14.0. The minimum atomic E-state index is -4.48. The summed E-state index contributed by atoms with van der Waals surface area (Å²) < 4.78 is 58.4. The third-order valence-corrected chi connectivity index (χ3v) is 5.14. The van der Waals surface area contributed by atoms with Crippen LogP contribution in [0.5, 0.6) is 5.75 Å². The molecule has 4 aromatic rings. The molecule has 0 saturated carbocycles. The van der Waals surface area contributed by atoms with Crippen molar-refractivity contribution in [3.05, 3.63) is 87.6 Å². The zero-order chi connectivity index (χ0) is 22.9. The van der Waals surface area contributed by atoms with Gasteiger partial charge in [-0.3, -0.25) is 9.89 Å².